The van der Waals surface area contributed by atoms with E-state index in [-0.39, 0.29) is 6.42 Å². The smallest absolute Gasteiger partial charge is 0.324 e. The Morgan fingerprint density at radius 2 is 1.88 bits per heavy atom. The van der Waals surface area contributed by atoms with Crippen LogP contribution < -0.4 is 5.73 Å². The van der Waals surface area contributed by atoms with Gasteiger partial charge in [-0.05, 0) is 27.2 Å². The van der Waals surface area contributed by atoms with E-state index in [1.165, 1.54) is 0 Å². The van der Waals surface area contributed by atoms with Crippen molar-refractivity contribution in [3.63, 3.8) is 0 Å². The monoisotopic (exact) mass is 245 g/mol. The molecular weight excluding hydrogens is 222 g/mol. The number of carbonyl (C=O) groups excluding carboxylic acids is 2. The summed E-state index contributed by atoms with van der Waals surface area (Å²) in [4.78, 5) is 22.8. The van der Waals surface area contributed by atoms with E-state index in [1.54, 1.807) is 20.8 Å². The van der Waals surface area contributed by atoms with Crippen molar-refractivity contribution in [2.24, 2.45) is 5.73 Å². The number of unbranched alkanes of at least 4 members (excludes halogenated alkanes) is 1. The van der Waals surface area contributed by atoms with Crippen LogP contribution in [0, 0.1) is 0 Å². The molecule has 0 amide bonds. The zero-order valence-electron chi connectivity index (χ0n) is 11.1. The Hall–Kier alpha value is -1.10. The average Bonchev–Trinajstić information content (AvgIpc) is 2.15. The number of hydrogen-bond donors (Lipinski definition) is 1. The van der Waals surface area contributed by atoms with E-state index in [0.29, 0.717) is 6.61 Å². The zero-order valence-corrected chi connectivity index (χ0v) is 11.1. The highest BCUT2D eigenvalue weighted by Gasteiger charge is 2.24. The molecule has 0 radical (unpaired) electrons. The molecule has 5 heteroatoms. The van der Waals surface area contributed by atoms with E-state index >= 15 is 0 Å². The van der Waals surface area contributed by atoms with Crippen molar-refractivity contribution >= 4 is 11.9 Å². The highest BCUT2D eigenvalue weighted by Crippen LogP contribution is 2.09. The van der Waals surface area contributed by atoms with Gasteiger partial charge in [0.05, 0.1) is 13.0 Å². The van der Waals surface area contributed by atoms with Crippen LogP contribution in [0.2, 0.25) is 0 Å². The molecule has 0 bridgehead atoms. The zero-order chi connectivity index (χ0) is 13.5. The summed E-state index contributed by atoms with van der Waals surface area (Å²) < 4.78 is 9.96. The van der Waals surface area contributed by atoms with Gasteiger partial charge in [0, 0.05) is 0 Å². The van der Waals surface area contributed by atoms with Gasteiger partial charge in [-0.15, -0.1) is 0 Å². The third-order valence-electron chi connectivity index (χ3n) is 1.86. The molecule has 5 nitrogen and oxygen atoms in total. The molecule has 100 valence electrons. The molecule has 0 aromatic carbocycles. The lowest BCUT2D eigenvalue weighted by Crippen LogP contribution is -2.39. The van der Waals surface area contributed by atoms with E-state index in [4.69, 9.17) is 15.2 Å². The minimum atomic E-state index is -0.955. The molecule has 0 aromatic rings. The van der Waals surface area contributed by atoms with Gasteiger partial charge in [0.15, 0.2) is 0 Å². The Kier molecular flexibility index (Phi) is 6.80. The van der Waals surface area contributed by atoms with E-state index in [9.17, 15) is 9.59 Å². The van der Waals surface area contributed by atoms with Gasteiger partial charge in [0.1, 0.15) is 11.6 Å². The normalized spacial score (nSPS) is 13.0. The third-order valence-corrected chi connectivity index (χ3v) is 1.86. The van der Waals surface area contributed by atoms with Gasteiger partial charge in [0.2, 0.25) is 0 Å². The minimum absolute atomic E-state index is 0.140. The van der Waals surface area contributed by atoms with E-state index < -0.39 is 23.6 Å². The van der Waals surface area contributed by atoms with Crippen LogP contribution in [0.4, 0.5) is 0 Å². The second-order valence-corrected chi connectivity index (χ2v) is 4.92. The first-order chi connectivity index (χ1) is 7.76. The van der Waals surface area contributed by atoms with Crippen LogP contribution in [0.15, 0.2) is 0 Å². The molecule has 0 aliphatic carbocycles. The highest BCUT2D eigenvalue weighted by molar-refractivity contribution is 5.82. The van der Waals surface area contributed by atoms with Gasteiger partial charge in [0.25, 0.3) is 0 Å². The molecule has 0 aliphatic rings. The van der Waals surface area contributed by atoms with Crippen molar-refractivity contribution in [1.82, 2.24) is 0 Å². The number of nitrogens with two attached hydrogens (primary N) is 1. The van der Waals surface area contributed by atoms with Crippen molar-refractivity contribution < 1.29 is 19.1 Å². The first kappa shape index (κ1) is 15.9. The van der Waals surface area contributed by atoms with E-state index in [1.807, 2.05) is 6.92 Å². The van der Waals surface area contributed by atoms with E-state index in [0.717, 1.165) is 12.8 Å². The summed E-state index contributed by atoms with van der Waals surface area (Å²) in [5, 5.41) is 0. The Labute approximate surface area is 103 Å². The topological polar surface area (TPSA) is 78.6 Å². The molecule has 0 aromatic heterocycles. The molecular formula is C12H23NO4. The fourth-order valence-electron chi connectivity index (χ4n) is 1.03. The lowest BCUT2D eigenvalue weighted by molar-refractivity contribution is -0.160. The molecule has 0 aliphatic heterocycles. The summed E-state index contributed by atoms with van der Waals surface area (Å²) in [7, 11) is 0. The van der Waals surface area contributed by atoms with Crippen LogP contribution in [0.25, 0.3) is 0 Å². The molecule has 0 saturated carbocycles. The first-order valence-corrected chi connectivity index (χ1v) is 5.90. The average molecular weight is 245 g/mol. The number of rotatable bonds is 6. The van der Waals surface area contributed by atoms with Gasteiger partial charge in [-0.1, -0.05) is 13.3 Å². The lowest BCUT2D eigenvalue weighted by atomic mass is 10.1. The van der Waals surface area contributed by atoms with Crippen molar-refractivity contribution in [2.75, 3.05) is 6.61 Å². The van der Waals surface area contributed by atoms with Gasteiger partial charge in [-0.2, -0.15) is 0 Å². The van der Waals surface area contributed by atoms with Crippen LogP contribution in [0.5, 0.6) is 0 Å². The fourth-order valence-corrected chi connectivity index (χ4v) is 1.03. The molecule has 1 atom stereocenters. The molecule has 0 fully saturated rings. The number of ether oxygens (including phenoxy) is 2. The van der Waals surface area contributed by atoms with Gasteiger partial charge >= 0.3 is 11.9 Å². The van der Waals surface area contributed by atoms with Crippen LogP contribution >= 0.6 is 0 Å². The van der Waals surface area contributed by atoms with Crippen LogP contribution in [0.3, 0.4) is 0 Å². The molecule has 0 heterocycles. The summed E-state index contributed by atoms with van der Waals surface area (Å²) in [6.07, 6.45) is 1.62. The van der Waals surface area contributed by atoms with Crippen molar-refractivity contribution in [3.8, 4) is 0 Å². The first-order valence-electron chi connectivity index (χ1n) is 5.90. The maximum atomic E-state index is 11.5. The van der Waals surface area contributed by atoms with Crippen molar-refractivity contribution in [3.05, 3.63) is 0 Å². The molecule has 0 saturated heterocycles. The molecule has 0 rings (SSSR count). The maximum absolute atomic E-state index is 11.5. The van der Waals surface area contributed by atoms with E-state index in [2.05, 4.69) is 0 Å². The number of carbonyl (C=O) groups is 2. The fraction of sp³-hybridized carbons (Fsp3) is 0.833. The van der Waals surface area contributed by atoms with Crippen LogP contribution in [-0.4, -0.2) is 30.2 Å². The number of hydrogen-bond acceptors (Lipinski definition) is 5. The largest absolute Gasteiger partial charge is 0.466 e. The SMILES string of the molecule is CCCCOC(=O)C[C@H](N)C(=O)OC(C)(C)C. The maximum Gasteiger partial charge on any atom is 0.324 e. The minimum Gasteiger partial charge on any atom is -0.466 e. The highest BCUT2D eigenvalue weighted by atomic mass is 16.6. The van der Waals surface area contributed by atoms with Gasteiger partial charge in [-0.3, -0.25) is 9.59 Å². The Morgan fingerprint density at radius 1 is 1.29 bits per heavy atom. The molecule has 2 N–H and O–H groups in total. The Balaban J connectivity index is 3.95. The Bertz CT molecular complexity index is 258. The summed E-state index contributed by atoms with van der Waals surface area (Å²) in [5.74, 6) is -1.04. The van der Waals surface area contributed by atoms with Crippen molar-refractivity contribution in [2.45, 2.75) is 58.6 Å². The molecule has 0 spiro atoms. The molecule has 0 unspecified atom stereocenters. The molecule has 17 heavy (non-hydrogen) atoms. The summed E-state index contributed by atoms with van der Waals surface area (Å²) in [6, 6.07) is -0.955. The predicted molar refractivity (Wildman–Crippen MR) is 64.3 cm³/mol. The van der Waals surface area contributed by atoms with Gasteiger partial charge < -0.3 is 15.2 Å². The lowest BCUT2D eigenvalue weighted by Gasteiger charge is -2.21. The quantitative estimate of drug-likeness (QED) is 0.565. The second-order valence-electron chi connectivity index (χ2n) is 4.92. The summed E-state index contributed by atoms with van der Waals surface area (Å²) in [5.41, 5.74) is 4.96. The number of esters is 2. The van der Waals surface area contributed by atoms with Crippen molar-refractivity contribution in [1.29, 1.82) is 0 Å². The third kappa shape index (κ3) is 8.68. The standard InChI is InChI=1S/C12H23NO4/c1-5-6-7-16-10(14)8-9(13)11(15)17-12(2,3)4/h9H,5-8,13H2,1-4H3/t9-/m0/s1. The second kappa shape index (κ2) is 7.27. The summed E-state index contributed by atoms with van der Waals surface area (Å²) in [6.45, 7) is 7.61. The van der Waals surface area contributed by atoms with Crippen LogP contribution in [-0.2, 0) is 19.1 Å². The Morgan fingerprint density at radius 3 is 2.35 bits per heavy atom. The van der Waals surface area contributed by atoms with Crippen LogP contribution in [0.1, 0.15) is 47.0 Å². The van der Waals surface area contributed by atoms with Gasteiger partial charge in [-0.25, -0.2) is 0 Å². The summed E-state index contributed by atoms with van der Waals surface area (Å²) >= 11 is 0. The predicted octanol–water partition coefficient (Wildman–Crippen LogP) is 1.39.